The van der Waals surface area contributed by atoms with Crippen molar-refractivity contribution in [3.8, 4) is 17.1 Å². The Morgan fingerprint density at radius 1 is 1.22 bits per heavy atom. The van der Waals surface area contributed by atoms with Crippen LogP contribution in [0.4, 0.5) is 5.69 Å². The van der Waals surface area contributed by atoms with E-state index in [0.717, 1.165) is 0 Å². The smallest absolute Gasteiger partial charge is 0.269 e. The highest BCUT2D eigenvalue weighted by Gasteiger charge is 2.12. The van der Waals surface area contributed by atoms with Crippen molar-refractivity contribution >= 4 is 28.9 Å². The number of nitro groups is 1. The molecule has 10 heteroatoms. The van der Waals surface area contributed by atoms with Crippen LogP contribution in [0.5, 0.6) is 5.75 Å². The summed E-state index contributed by atoms with van der Waals surface area (Å²) in [4.78, 5) is 14.4. The summed E-state index contributed by atoms with van der Waals surface area (Å²) in [7, 11) is 0. The van der Waals surface area contributed by atoms with Gasteiger partial charge in [0.1, 0.15) is 24.8 Å². The summed E-state index contributed by atoms with van der Waals surface area (Å²) in [6, 6.07) is 10.7. The van der Waals surface area contributed by atoms with Crippen LogP contribution < -0.4 is 4.74 Å². The fourth-order valence-corrected chi connectivity index (χ4v) is 2.76. The number of aliphatic hydroxyl groups excluding tert-OH is 1. The maximum absolute atomic E-state index is 10.7. The largest absolute Gasteiger partial charge is 0.489 e. The van der Waals surface area contributed by atoms with Gasteiger partial charge >= 0.3 is 0 Å². The summed E-state index contributed by atoms with van der Waals surface area (Å²) in [6.07, 6.45) is 0.623. The minimum Gasteiger partial charge on any atom is -0.489 e. The molecule has 1 unspecified atom stereocenters. The third-order valence-electron chi connectivity index (χ3n) is 3.60. The van der Waals surface area contributed by atoms with Gasteiger partial charge in [-0.05, 0) is 30.3 Å². The third kappa shape index (κ3) is 4.94. The average Bonchev–Trinajstić information content (AvgIpc) is 3.09. The van der Waals surface area contributed by atoms with Crippen molar-refractivity contribution in [1.82, 2.24) is 14.8 Å². The van der Waals surface area contributed by atoms with Crippen LogP contribution in [0.2, 0.25) is 10.0 Å². The van der Waals surface area contributed by atoms with Gasteiger partial charge in [-0.15, -0.1) is 0 Å². The first-order valence-electron chi connectivity index (χ1n) is 7.82. The van der Waals surface area contributed by atoms with E-state index in [0.29, 0.717) is 27.2 Å². The molecule has 0 radical (unpaired) electrons. The van der Waals surface area contributed by atoms with E-state index in [9.17, 15) is 15.2 Å². The zero-order valence-electron chi connectivity index (χ0n) is 13.8. The highest BCUT2D eigenvalue weighted by Crippen LogP contribution is 2.27. The van der Waals surface area contributed by atoms with E-state index < -0.39 is 11.0 Å². The Labute approximate surface area is 164 Å². The highest BCUT2D eigenvalue weighted by atomic mass is 35.5. The first kappa shape index (κ1) is 19.1. The van der Waals surface area contributed by atoms with E-state index >= 15 is 0 Å². The number of aliphatic hydroxyl groups is 1. The van der Waals surface area contributed by atoms with Crippen molar-refractivity contribution in [1.29, 1.82) is 0 Å². The normalized spacial score (nSPS) is 12.0. The predicted octanol–water partition coefficient (Wildman–Crippen LogP) is 3.60. The fraction of sp³-hybridized carbons (Fsp3) is 0.176. The molecule has 1 atom stereocenters. The van der Waals surface area contributed by atoms with Gasteiger partial charge in [0.15, 0.2) is 5.82 Å². The Balaban J connectivity index is 1.59. The molecule has 0 amide bonds. The minimum atomic E-state index is -0.844. The number of hydrogen-bond donors (Lipinski definition) is 1. The van der Waals surface area contributed by atoms with Crippen molar-refractivity contribution in [3.05, 3.63) is 69.0 Å². The van der Waals surface area contributed by atoms with E-state index in [2.05, 4.69) is 10.1 Å². The van der Waals surface area contributed by atoms with Crippen molar-refractivity contribution in [2.24, 2.45) is 0 Å². The molecular weight excluding hydrogens is 395 g/mol. The molecule has 3 rings (SSSR count). The Bertz CT molecular complexity index is 946. The second kappa shape index (κ2) is 8.34. The lowest BCUT2D eigenvalue weighted by atomic mass is 10.2. The number of nitro benzene ring substituents is 1. The second-order valence-corrected chi connectivity index (χ2v) is 6.48. The average molecular weight is 409 g/mol. The predicted molar refractivity (Wildman–Crippen MR) is 100 cm³/mol. The molecule has 8 nitrogen and oxygen atoms in total. The van der Waals surface area contributed by atoms with Crippen molar-refractivity contribution in [2.75, 3.05) is 6.61 Å². The summed E-state index contributed by atoms with van der Waals surface area (Å²) in [5.74, 6) is 0.823. The van der Waals surface area contributed by atoms with E-state index in [-0.39, 0.29) is 18.8 Å². The van der Waals surface area contributed by atoms with Crippen LogP contribution in [-0.4, -0.2) is 37.5 Å². The molecule has 0 aliphatic heterocycles. The van der Waals surface area contributed by atoms with Gasteiger partial charge in [-0.25, -0.2) is 9.67 Å². The van der Waals surface area contributed by atoms with E-state index in [1.807, 2.05) is 0 Å². The van der Waals surface area contributed by atoms with Crippen molar-refractivity contribution in [3.63, 3.8) is 0 Å². The molecule has 1 heterocycles. The van der Waals surface area contributed by atoms with Crippen LogP contribution in [0.15, 0.2) is 48.8 Å². The molecule has 0 saturated carbocycles. The Hall–Kier alpha value is -2.68. The Kier molecular flexibility index (Phi) is 5.90. The molecular formula is C17H14Cl2N4O4. The third-order valence-corrected chi connectivity index (χ3v) is 4.13. The van der Waals surface area contributed by atoms with Crippen LogP contribution >= 0.6 is 23.2 Å². The molecule has 27 heavy (non-hydrogen) atoms. The molecule has 1 aromatic heterocycles. The standard InChI is InChI=1S/C17H14Cl2N4O4/c18-12-3-6-16(15(19)7-12)27-9-14(24)8-22-10-20-17(21-22)11-1-4-13(5-2-11)23(25)26/h1-7,10,14,24H,8-9H2. The summed E-state index contributed by atoms with van der Waals surface area (Å²) in [5, 5.41) is 25.9. The SMILES string of the molecule is O=[N+]([O-])c1ccc(-c2ncn(CC(O)COc3ccc(Cl)cc3Cl)n2)cc1. The zero-order valence-corrected chi connectivity index (χ0v) is 15.3. The number of non-ortho nitro benzene ring substituents is 1. The van der Waals surface area contributed by atoms with Crippen LogP contribution in [0.1, 0.15) is 0 Å². The number of aromatic nitrogens is 3. The van der Waals surface area contributed by atoms with Crippen LogP contribution in [0, 0.1) is 10.1 Å². The number of nitrogens with zero attached hydrogens (tertiary/aromatic N) is 4. The quantitative estimate of drug-likeness (QED) is 0.473. The Morgan fingerprint density at radius 3 is 2.63 bits per heavy atom. The second-order valence-electron chi connectivity index (χ2n) is 5.63. The molecule has 1 N–H and O–H groups in total. The summed E-state index contributed by atoms with van der Waals surface area (Å²) < 4.78 is 6.95. The first-order valence-corrected chi connectivity index (χ1v) is 8.58. The lowest BCUT2D eigenvalue weighted by molar-refractivity contribution is -0.384. The van der Waals surface area contributed by atoms with E-state index in [1.165, 1.54) is 23.1 Å². The Morgan fingerprint density at radius 2 is 1.96 bits per heavy atom. The molecule has 0 spiro atoms. The number of rotatable bonds is 7. The van der Waals surface area contributed by atoms with Crippen LogP contribution in [-0.2, 0) is 6.54 Å². The monoisotopic (exact) mass is 408 g/mol. The maximum Gasteiger partial charge on any atom is 0.269 e. The molecule has 140 valence electrons. The van der Waals surface area contributed by atoms with Gasteiger partial charge in [0, 0.05) is 22.7 Å². The number of halogens is 2. The van der Waals surface area contributed by atoms with E-state index in [1.54, 1.807) is 30.3 Å². The van der Waals surface area contributed by atoms with Crippen molar-refractivity contribution in [2.45, 2.75) is 12.6 Å². The highest BCUT2D eigenvalue weighted by molar-refractivity contribution is 6.35. The number of benzene rings is 2. The van der Waals surface area contributed by atoms with Gasteiger partial charge in [0.25, 0.3) is 5.69 Å². The molecule has 0 bridgehead atoms. The zero-order chi connectivity index (χ0) is 19.4. The lowest BCUT2D eigenvalue weighted by Crippen LogP contribution is -2.24. The molecule has 2 aromatic carbocycles. The summed E-state index contributed by atoms with van der Waals surface area (Å²) >= 11 is 11.8. The molecule has 0 aliphatic rings. The fourth-order valence-electron chi connectivity index (χ4n) is 2.29. The van der Waals surface area contributed by atoms with Gasteiger partial charge in [0.2, 0.25) is 0 Å². The van der Waals surface area contributed by atoms with Gasteiger partial charge in [-0.3, -0.25) is 10.1 Å². The molecule has 0 fully saturated rings. The number of hydrogen-bond acceptors (Lipinski definition) is 6. The van der Waals surface area contributed by atoms with Gasteiger partial charge < -0.3 is 9.84 Å². The topological polar surface area (TPSA) is 103 Å². The van der Waals surface area contributed by atoms with Gasteiger partial charge in [-0.2, -0.15) is 5.10 Å². The van der Waals surface area contributed by atoms with Gasteiger partial charge in [0.05, 0.1) is 16.5 Å². The summed E-state index contributed by atoms with van der Waals surface area (Å²) in [5.41, 5.74) is 0.629. The van der Waals surface area contributed by atoms with Crippen molar-refractivity contribution < 1.29 is 14.8 Å². The van der Waals surface area contributed by atoms with E-state index in [4.69, 9.17) is 27.9 Å². The minimum absolute atomic E-state index is 0.00776. The van der Waals surface area contributed by atoms with Crippen LogP contribution in [0.3, 0.4) is 0 Å². The molecule has 0 saturated heterocycles. The van der Waals surface area contributed by atoms with Crippen LogP contribution in [0.25, 0.3) is 11.4 Å². The molecule has 0 aliphatic carbocycles. The maximum atomic E-state index is 10.7. The summed E-state index contributed by atoms with van der Waals surface area (Å²) in [6.45, 7) is 0.166. The van der Waals surface area contributed by atoms with Gasteiger partial charge in [-0.1, -0.05) is 23.2 Å². The molecule has 3 aromatic rings. The first-order chi connectivity index (χ1) is 12.9. The number of ether oxygens (including phenoxy) is 1. The lowest BCUT2D eigenvalue weighted by Gasteiger charge is -2.13.